The Balaban J connectivity index is 1.91. The highest BCUT2D eigenvalue weighted by molar-refractivity contribution is 5.25. The Morgan fingerprint density at radius 2 is 2.05 bits per heavy atom. The van der Waals surface area contributed by atoms with Gasteiger partial charge >= 0.3 is 0 Å². The minimum absolute atomic E-state index is 0.336. The van der Waals surface area contributed by atoms with E-state index in [-0.39, 0.29) is 0 Å². The van der Waals surface area contributed by atoms with Gasteiger partial charge in [0, 0.05) is 19.0 Å². The van der Waals surface area contributed by atoms with E-state index in [1.807, 2.05) is 13.2 Å². The fraction of sp³-hybridized carbons (Fsp3) is 0.750. The van der Waals surface area contributed by atoms with Crippen LogP contribution in [0.3, 0.4) is 0 Å². The molecule has 1 aromatic heterocycles. The molecule has 0 aliphatic carbocycles. The number of likely N-dealkylation sites (tertiary alicyclic amines) is 1. The smallest absolute Gasteiger partial charge is 0.160 e. The van der Waals surface area contributed by atoms with Crippen molar-refractivity contribution < 1.29 is 4.74 Å². The zero-order valence-electron chi connectivity index (χ0n) is 13.6. The van der Waals surface area contributed by atoms with Gasteiger partial charge < -0.3 is 10.1 Å². The quantitative estimate of drug-likeness (QED) is 0.835. The summed E-state index contributed by atoms with van der Waals surface area (Å²) in [6, 6.07) is 0. The maximum Gasteiger partial charge on any atom is 0.160 e. The number of aromatic nitrogens is 2. The fourth-order valence-electron chi connectivity index (χ4n) is 2.58. The van der Waals surface area contributed by atoms with Gasteiger partial charge in [-0.2, -0.15) is 0 Å². The van der Waals surface area contributed by atoms with E-state index in [1.54, 1.807) is 0 Å². The molecule has 5 nitrogen and oxygen atoms in total. The Labute approximate surface area is 128 Å². The molecule has 0 atom stereocenters. The molecule has 0 spiro atoms. The van der Waals surface area contributed by atoms with Crippen molar-refractivity contribution in [2.24, 2.45) is 0 Å². The molecule has 0 unspecified atom stereocenters. The number of hydrogen-bond acceptors (Lipinski definition) is 5. The van der Waals surface area contributed by atoms with Crippen LogP contribution < -0.4 is 10.1 Å². The summed E-state index contributed by atoms with van der Waals surface area (Å²) in [4.78, 5) is 11.5. The second kappa shape index (κ2) is 8.29. The first-order valence-electron chi connectivity index (χ1n) is 8.06. The molecule has 5 heteroatoms. The predicted molar refractivity (Wildman–Crippen MR) is 84.7 cm³/mol. The minimum Gasteiger partial charge on any atom is -0.489 e. The van der Waals surface area contributed by atoms with Crippen molar-refractivity contribution in [1.82, 2.24) is 20.2 Å². The van der Waals surface area contributed by atoms with Crippen LogP contribution >= 0.6 is 0 Å². The highest BCUT2D eigenvalue weighted by Gasteiger charge is 2.12. The summed E-state index contributed by atoms with van der Waals surface area (Å²) < 4.78 is 5.92. The first kappa shape index (κ1) is 16.2. The summed E-state index contributed by atoms with van der Waals surface area (Å²) in [5.74, 6) is 2.03. The van der Waals surface area contributed by atoms with E-state index >= 15 is 0 Å². The minimum atomic E-state index is 0.336. The maximum atomic E-state index is 5.92. The third kappa shape index (κ3) is 4.93. The van der Waals surface area contributed by atoms with E-state index in [1.165, 1.54) is 32.4 Å². The zero-order valence-corrected chi connectivity index (χ0v) is 13.6. The van der Waals surface area contributed by atoms with E-state index in [4.69, 9.17) is 4.74 Å². The van der Waals surface area contributed by atoms with E-state index in [9.17, 15) is 0 Å². The molecular formula is C16H28N4O. The molecule has 0 radical (unpaired) electrons. The molecular weight excluding hydrogens is 264 g/mol. The highest BCUT2D eigenvalue weighted by Crippen LogP contribution is 2.18. The van der Waals surface area contributed by atoms with Gasteiger partial charge in [0.15, 0.2) is 5.75 Å². The van der Waals surface area contributed by atoms with Gasteiger partial charge in [0.1, 0.15) is 12.4 Å². The van der Waals surface area contributed by atoms with E-state index in [2.05, 4.69) is 34.0 Å². The van der Waals surface area contributed by atoms with E-state index < -0.39 is 0 Å². The lowest BCUT2D eigenvalue weighted by Crippen LogP contribution is -2.33. The summed E-state index contributed by atoms with van der Waals surface area (Å²) in [5, 5.41) is 3.15. The average molecular weight is 292 g/mol. The molecule has 1 N–H and O–H groups in total. The SMILES string of the molecule is CNCc1nc(C(C)C)ncc1OCCN1CCCCC1. The Morgan fingerprint density at radius 1 is 1.29 bits per heavy atom. The number of piperidine rings is 1. The second-order valence-corrected chi connectivity index (χ2v) is 5.97. The van der Waals surface area contributed by atoms with Crippen molar-refractivity contribution in [2.45, 2.75) is 45.6 Å². The van der Waals surface area contributed by atoms with Gasteiger partial charge in [-0.3, -0.25) is 4.90 Å². The van der Waals surface area contributed by atoms with Crippen LogP contribution in [0.4, 0.5) is 0 Å². The van der Waals surface area contributed by atoms with Crippen LogP contribution in [0.1, 0.15) is 50.5 Å². The molecule has 0 amide bonds. The lowest BCUT2D eigenvalue weighted by molar-refractivity contribution is 0.182. The monoisotopic (exact) mass is 292 g/mol. The topological polar surface area (TPSA) is 50.3 Å². The Hall–Kier alpha value is -1.20. The molecule has 2 heterocycles. The summed E-state index contributed by atoms with van der Waals surface area (Å²) >= 11 is 0. The number of rotatable bonds is 7. The lowest BCUT2D eigenvalue weighted by atomic mass is 10.1. The van der Waals surface area contributed by atoms with Crippen molar-refractivity contribution in [3.05, 3.63) is 17.7 Å². The molecule has 21 heavy (non-hydrogen) atoms. The van der Waals surface area contributed by atoms with Crippen LogP contribution in [0.5, 0.6) is 5.75 Å². The van der Waals surface area contributed by atoms with Gasteiger partial charge in [0.05, 0.1) is 11.9 Å². The van der Waals surface area contributed by atoms with Gasteiger partial charge in [0.2, 0.25) is 0 Å². The van der Waals surface area contributed by atoms with Gasteiger partial charge in [-0.15, -0.1) is 0 Å². The summed E-state index contributed by atoms with van der Waals surface area (Å²) in [6.07, 6.45) is 5.83. The predicted octanol–water partition coefficient (Wildman–Crippen LogP) is 2.18. The molecule has 2 rings (SSSR count). The van der Waals surface area contributed by atoms with Crippen LogP contribution in [0.25, 0.3) is 0 Å². The van der Waals surface area contributed by atoms with Crippen LogP contribution in [-0.2, 0) is 6.54 Å². The van der Waals surface area contributed by atoms with Gasteiger partial charge in [-0.05, 0) is 33.0 Å². The van der Waals surface area contributed by atoms with Gasteiger partial charge in [0.25, 0.3) is 0 Å². The fourth-order valence-corrected chi connectivity index (χ4v) is 2.58. The molecule has 0 saturated carbocycles. The molecule has 0 aromatic carbocycles. The van der Waals surface area contributed by atoms with E-state index in [0.29, 0.717) is 19.1 Å². The molecule has 118 valence electrons. The molecule has 1 aliphatic heterocycles. The first-order chi connectivity index (χ1) is 10.2. The third-order valence-electron chi connectivity index (χ3n) is 3.82. The van der Waals surface area contributed by atoms with Crippen molar-refractivity contribution >= 4 is 0 Å². The third-order valence-corrected chi connectivity index (χ3v) is 3.82. The second-order valence-electron chi connectivity index (χ2n) is 5.97. The number of hydrogen-bond donors (Lipinski definition) is 1. The molecule has 1 aromatic rings. The summed E-state index contributed by atoms with van der Waals surface area (Å²) in [7, 11) is 1.93. The number of ether oxygens (including phenoxy) is 1. The van der Waals surface area contributed by atoms with Crippen molar-refractivity contribution in [3.8, 4) is 5.75 Å². The maximum absolute atomic E-state index is 5.92. The summed E-state index contributed by atoms with van der Waals surface area (Å²) in [6.45, 7) is 9.03. The van der Waals surface area contributed by atoms with Crippen LogP contribution in [-0.4, -0.2) is 48.2 Å². The van der Waals surface area contributed by atoms with Crippen LogP contribution in [0.2, 0.25) is 0 Å². The van der Waals surface area contributed by atoms with Gasteiger partial charge in [-0.1, -0.05) is 20.3 Å². The normalized spacial score (nSPS) is 16.4. The summed E-state index contributed by atoms with van der Waals surface area (Å²) in [5.41, 5.74) is 0.954. The molecule has 1 saturated heterocycles. The zero-order chi connectivity index (χ0) is 15.1. The largest absolute Gasteiger partial charge is 0.489 e. The average Bonchev–Trinajstić information content (AvgIpc) is 2.50. The van der Waals surface area contributed by atoms with Crippen molar-refractivity contribution in [2.75, 3.05) is 33.3 Å². The molecule has 1 fully saturated rings. The first-order valence-corrected chi connectivity index (χ1v) is 8.06. The Kier molecular flexibility index (Phi) is 6.39. The van der Waals surface area contributed by atoms with Crippen molar-refractivity contribution in [3.63, 3.8) is 0 Å². The highest BCUT2D eigenvalue weighted by atomic mass is 16.5. The number of nitrogens with one attached hydrogen (secondary N) is 1. The van der Waals surface area contributed by atoms with Crippen molar-refractivity contribution in [1.29, 1.82) is 0 Å². The van der Waals surface area contributed by atoms with Crippen LogP contribution in [0.15, 0.2) is 6.20 Å². The number of nitrogens with zero attached hydrogens (tertiary/aromatic N) is 3. The van der Waals surface area contributed by atoms with E-state index in [0.717, 1.165) is 23.8 Å². The lowest BCUT2D eigenvalue weighted by Gasteiger charge is -2.26. The Bertz CT molecular complexity index is 430. The standard InChI is InChI=1S/C16H28N4O/c1-13(2)16-18-12-15(14(19-16)11-17-3)21-10-9-20-7-5-4-6-8-20/h12-13,17H,4-11H2,1-3H3. The molecule has 0 bridgehead atoms. The van der Waals surface area contributed by atoms with Gasteiger partial charge in [-0.25, -0.2) is 9.97 Å². The Morgan fingerprint density at radius 3 is 2.71 bits per heavy atom. The van der Waals surface area contributed by atoms with Crippen LogP contribution in [0, 0.1) is 0 Å². The molecule has 1 aliphatic rings.